The molecule has 0 radical (unpaired) electrons. The summed E-state index contributed by atoms with van der Waals surface area (Å²) in [6.45, 7) is 2.07. The van der Waals surface area contributed by atoms with Crippen molar-refractivity contribution in [2.75, 3.05) is 7.11 Å². The van der Waals surface area contributed by atoms with Crippen LogP contribution in [-0.2, 0) is 0 Å². The lowest BCUT2D eigenvalue weighted by molar-refractivity contribution is 0.240. The molecule has 2 heterocycles. The van der Waals surface area contributed by atoms with Crippen molar-refractivity contribution in [1.29, 1.82) is 0 Å². The lowest BCUT2D eigenvalue weighted by Gasteiger charge is -2.29. The second-order valence-corrected chi connectivity index (χ2v) is 8.32. The monoisotopic (exact) mass is 397 g/mol. The SMILES string of the molecule is CCC1=C(c2nc(C3CCCCC3)cs2)C(c2cccc(OC)c2)NC(=O)N1. The molecule has 1 saturated carbocycles. The summed E-state index contributed by atoms with van der Waals surface area (Å²) in [7, 11) is 1.66. The Bertz CT molecular complexity index is 883. The summed E-state index contributed by atoms with van der Waals surface area (Å²) in [5.74, 6) is 1.36. The van der Waals surface area contributed by atoms with Gasteiger partial charge in [0, 0.05) is 22.6 Å². The normalized spacial score (nSPS) is 20.6. The fourth-order valence-corrected chi connectivity index (χ4v) is 5.22. The summed E-state index contributed by atoms with van der Waals surface area (Å²) in [4.78, 5) is 17.3. The van der Waals surface area contributed by atoms with Crippen LogP contribution in [0.5, 0.6) is 5.75 Å². The molecule has 1 aromatic heterocycles. The zero-order chi connectivity index (χ0) is 19.5. The van der Waals surface area contributed by atoms with Gasteiger partial charge in [-0.3, -0.25) is 0 Å². The predicted octanol–water partition coefficient (Wildman–Crippen LogP) is 5.37. The Labute approximate surface area is 170 Å². The molecule has 1 aliphatic carbocycles. The van der Waals surface area contributed by atoms with E-state index >= 15 is 0 Å². The zero-order valence-electron chi connectivity index (χ0n) is 16.5. The molecule has 2 aliphatic rings. The van der Waals surface area contributed by atoms with E-state index in [0.29, 0.717) is 5.92 Å². The van der Waals surface area contributed by atoms with Crippen molar-refractivity contribution in [2.24, 2.45) is 0 Å². The minimum atomic E-state index is -0.232. The van der Waals surface area contributed by atoms with Crippen molar-refractivity contribution in [3.63, 3.8) is 0 Å². The van der Waals surface area contributed by atoms with Gasteiger partial charge in [-0.25, -0.2) is 9.78 Å². The Balaban J connectivity index is 1.73. The van der Waals surface area contributed by atoms with Crippen LogP contribution in [0.15, 0.2) is 35.3 Å². The average molecular weight is 398 g/mol. The summed E-state index contributed by atoms with van der Waals surface area (Å²) < 4.78 is 5.39. The van der Waals surface area contributed by atoms with Gasteiger partial charge in [-0.15, -0.1) is 11.3 Å². The Kier molecular flexibility index (Phi) is 5.67. The molecule has 1 unspecified atom stereocenters. The predicted molar refractivity (Wildman–Crippen MR) is 113 cm³/mol. The maximum absolute atomic E-state index is 12.3. The second-order valence-electron chi connectivity index (χ2n) is 7.47. The first-order chi connectivity index (χ1) is 13.7. The molecule has 2 amide bonds. The first kappa shape index (κ1) is 19.0. The van der Waals surface area contributed by atoms with E-state index in [1.165, 1.54) is 37.8 Å². The summed E-state index contributed by atoms with van der Waals surface area (Å²) in [6.07, 6.45) is 7.15. The quantitative estimate of drug-likeness (QED) is 0.712. The highest BCUT2D eigenvalue weighted by Gasteiger charge is 2.31. The zero-order valence-corrected chi connectivity index (χ0v) is 17.3. The Morgan fingerprint density at radius 1 is 1.25 bits per heavy atom. The summed E-state index contributed by atoms with van der Waals surface area (Å²) in [5.41, 5.74) is 4.23. The van der Waals surface area contributed by atoms with Gasteiger partial charge in [0.1, 0.15) is 10.8 Å². The highest BCUT2D eigenvalue weighted by Crippen LogP contribution is 2.40. The molecule has 0 spiro atoms. The molecule has 1 fully saturated rings. The fourth-order valence-electron chi connectivity index (χ4n) is 4.22. The second kappa shape index (κ2) is 8.35. The summed E-state index contributed by atoms with van der Waals surface area (Å²) >= 11 is 1.69. The van der Waals surface area contributed by atoms with Gasteiger partial charge in [0.25, 0.3) is 0 Å². The van der Waals surface area contributed by atoms with Gasteiger partial charge in [0.15, 0.2) is 0 Å². The molecule has 5 nitrogen and oxygen atoms in total. The summed E-state index contributed by atoms with van der Waals surface area (Å²) in [5, 5.41) is 9.30. The van der Waals surface area contributed by atoms with Crippen LogP contribution in [0.2, 0.25) is 0 Å². The van der Waals surface area contributed by atoms with E-state index in [1.807, 2.05) is 24.3 Å². The minimum absolute atomic E-state index is 0.169. The number of nitrogens with one attached hydrogen (secondary N) is 2. The van der Waals surface area contributed by atoms with Crippen molar-refractivity contribution < 1.29 is 9.53 Å². The van der Waals surface area contributed by atoms with Gasteiger partial charge in [-0.05, 0) is 37.0 Å². The third kappa shape index (κ3) is 3.78. The Morgan fingerprint density at radius 3 is 2.82 bits per heavy atom. The number of urea groups is 1. The number of thiazole rings is 1. The molecule has 148 valence electrons. The highest BCUT2D eigenvalue weighted by molar-refractivity contribution is 7.10. The number of aromatic nitrogens is 1. The van der Waals surface area contributed by atoms with Gasteiger partial charge < -0.3 is 15.4 Å². The van der Waals surface area contributed by atoms with Crippen LogP contribution in [0.25, 0.3) is 5.57 Å². The number of rotatable bonds is 5. The molecule has 28 heavy (non-hydrogen) atoms. The number of ether oxygens (including phenoxy) is 1. The Hall–Kier alpha value is -2.34. The first-order valence-electron chi connectivity index (χ1n) is 10.1. The lowest BCUT2D eigenvalue weighted by Crippen LogP contribution is -2.43. The molecular weight excluding hydrogens is 370 g/mol. The average Bonchev–Trinajstić information content (AvgIpc) is 3.23. The smallest absolute Gasteiger partial charge is 0.319 e. The molecule has 6 heteroatoms. The summed E-state index contributed by atoms with van der Waals surface area (Å²) in [6, 6.07) is 7.49. The molecule has 1 aliphatic heterocycles. The van der Waals surface area contributed by atoms with E-state index < -0.39 is 0 Å². The van der Waals surface area contributed by atoms with Crippen molar-refractivity contribution in [2.45, 2.75) is 57.4 Å². The Morgan fingerprint density at radius 2 is 2.07 bits per heavy atom. The van der Waals surface area contributed by atoms with E-state index in [1.54, 1.807) is 18.4 Å². The van der Waals surface area contributed by atoms with E-state index in [0.717, 1.165) is 34.0 Å². The fraction of sp³-hybridized carbons (Fsp3) is 0.455. The number of carbonyl (C=O) groups is 1. The maximum Gasteiger partial charge on any atom is 0.319 e. The molecule has 4 rings (SSSR count). The molecule has 1 aromatic carbocycles. The van der Waals surface area contributed by atoms with Crippen LogP contribution in [-0.4, -0.2) is 18.1 Å². The van der Waals surface area contributed by atoms with Crippen LogP contribution in [0.3, 0.4) is 0 Å². The number of methoxy groups -OCH3 is 1. The third-order valence-corrected chi connectivity index (χ3v) is 6.60. The van der Waals surface area contributed by atoms with Gasteiger partial charge in [0.05, 0.1) is 18.8 Å². The lowest BCUT2D eigenvalue weighted by atomic mass is 9.87. The maximum atomic E-state index is 12.3. The van der Waals surface area contributed by atoms with E-state index in [9.17, 15) is 4.79 Å². The van der Waals surface area contributed by atoms with E-state index in [2.05, 4.69) is 22.9 Å². The molecular formula is C22H27N3O2S. The standard InChI is InChI=1S/C22H27N3O2S/c1-3-17-19(21-23-18(13-28-21)14-8-5-4-6-9-14)20(25-22(26)24-17)15-10-7-11-16(12-15)27-2/h7,10-14,20H,3-6,8-9H2,1-2H3,(H2,24,25,26). The van der Waals surface area contributed by atoms with Crippen LogP contribution >= 0.6 is 11.3 Å². The van der Waals surface area contributed by atoms with Crippen molar-refractivity contribution in [3.8, 4) is 5.75 Å². The van der Waals surface area contributed by atoms with E-state index in [-0.39, 0.29) is 12.1 Å². The minimum Gasteiger partial charge on any atom is -0.497 e. The van der Waals surface area contributed by atoms with Crippen LogP contribution < -0.4 is 15.4 Å². The van der Waals surface area contributed by atoms with Gasteiger partial charge in [-0.2, -0.15) is 0 Å². The molecule has 0 saturated heterocycles. The molecule has 2 aromatic rings. The van der Waals surface area contributed by atoms with Crippen LogP contribution in [0.1, 0.15) is 73.7 Å². The number of hydrogen-bond donors (Lipinski definition) is 2. The number of nitrogens with zero attached hydrogens (tertiary/aromatic N) is 1. The van der Waals surface area contributed by atoms with Gasteiger partial charge in [0.2, 0.25) is 0 Å². The number of amides is 2. The van der Waals surface area contributed by atoms with Crippen molar-refractivity contribution in [1.82, 2.24) is 15.6 Å². The number of hydrogen-bond acceptors (Lipinski definition) is 4. The van der Waals surface area contributed by atoms with Gasteiger partial charge >= 0.3 is 6.03 Å². The van der Waals surface area contributed by atoms with Crippen LogP contribution in [0, 0.1) is 0 Å². The van der Waals surface area contributed by atoms with Crippen molar-refractivity contribution >= 4 is 22.9 Å². The molecule has 0 bridgehead atoms. The largest absolute Gasteiger partial charge is 0.497 e. The van der Waals surface area contributed by atoms with Crippen LogP contribution in [0.4, 0.5) is 4.79 Å². The first-order valence-corrected chi connectivity index (χ1v) is 11.0. The number of carbonyl (C=O) groups excluding carboxylic acids is 1. The van der Waals surface area contributed by atoms with Crippen molar-refractivity contribution in [3.05, 3.63) is 51.6 Å². The highest BCUT2D eigenvalue weighted by atomic mass is 32.1. The third-order valence-electron chi connectivity index (χ3n) is 5.71. The molecule has 1 atom stereocenters. The van der Waals surface area contributed by atoms with Gasteiger partial charge in [-0.1, -0.05) is 38.3 Å². The number of allylic oxidation sites excluding steroid dienone is 1. The topological polar surface area (TPSA) is 63.2 Å². The molecule has 2 N–H and O–H groups in total. The van der Waals surface area contributed by atoms with E-state index in [4.69, 9.17) is 9.72 Å². The number of benzene rings is 1.